The van der Waals surface area contributed by atoms with Gasteiger partial charge in [-0.1, -0.05) is 0 Å². The molecule has 7 heteroatoms. The minimum absolute atomic E-state index is 0.189. The molecular formula is C17H19FN4O2. The zero-order valence-electron chi connectivity index (χ0n) is 13.1. The van der Waals surface area contributed by atoms with Crippen molar-refractivity contribution in [1.29, 1.82) is 0 Å². The fourth-order valence-electron chi connectivity index (χ4n) is 2.92. The molecule has 24 heavy (non-hydrogen) atoms. The van der Waals surface area contributed by atoms with Gasteiger partial charge in [0.2, 0.25) is 5.91 Å². The number of carbonyl (C=O) groups is 2. The number of rotatable bonds is 3. The van der Waals surface area contributed by atoms with E-state index in [0.29, 0.717) is 30.9 Å². The number of primary amides is 1. The van der Waals surface area contributed by atoms with E-state index in [0.717, 1.165) is 6.42 Å². The van der Waals surface area contributed by atoms with Crippen LogP contribution in [0.2, 0.25) is 0 Å². The molecule has 3 amide bonds. The largest absolute Gasteiger partial charge is 0.351 e. The standard InChI is InChI=1S/C17H19FN4O2/c18-14-6-5-13(10-15(14)21-7-1-2-8-21)20-16(23)12-4-3-9-22(11-12)17(19)24/h1-2,5-8,10,12H,3-4,9,11H2,(H2,19,24)(H,20,23)/t12-/m0/s1. The number of benzene rings is 1. The third-order valence-electron chi connectivity index (χ3n) is 4.20. The minimum atomic E-state index is -0.510. The Kier molecular flexibility index (Phi) is 4.50. The normalized spacial score (nSPS) is 17.5. The number of likely N-dealkylation sites (tertiary alicyclic amines) is 1. The van der Waals surface area contributed by atoms with E-state index in [-0.39, 0.29) is 17.6 Å². The summed E-state index contributed by atoms with van der Waals surface area (Å²) in [5.41, 5.74) is 6.16. The molecule has 2 aromatic rings. The summed E-state index contributed by atoms with van der Waals surface area (Å²) < 4.78 is 15.6. The molecular weight excluding hydrogens is 311 g/mol. The maximum absolute atomic E-state index is 14.0. The molecule has 3 N–H and O–H groups in total. The lowest BCUT2D eigenvalue weighted by Crippen LogP contribution is -2.46. The van der Waals surface area contributed by atoms with E-state index >= 15 is 0 Å². The fourth-order valence-corrected chi connectivity index (χ4v) is 2.92. The monoisotopic (exact) mass is 330 g/mol. The third kappa shape index (κ3) is 3.40. The summed E-state index contributed by atoms with van der Waals surface area (Å²) in [6.07, 6.45) is 4.89. The van der Waals surface area contributed by atoms with Crippen molar-refractivity contribution in [3.63, 3.8) is 0 Å². The number of hydrogen-bond acceptors (Lipinski definition) is 2. The number of halogens is 1. The molecule has 0 spiro atoms. The maximum atomic E-state index is 14.0. The predicted octanol–water partition coefficient (Wildman–Crippen LogP) is 2.35. The van der Waals surface area contributed by atoms with Crippen molar-refractivity contribution in [3.8, 4) is 5.69 Å². The number of nitrogens with zero attached hydrogens (tertiary/aromatic N) is 2. The van der Waals surface area contributed by atoms with Crippen LogP contribution in [0.3, 0.4) is 0 Å². The van der Waals surface area contributed by atoms with Gasteiger partial charge >= 0.3 is 6.03 Å². The molecule has 1 aromatic heterocycles. The Labute approximate surface area is 139 Å². The Morgan fingerprint density at radius 1 is 1.25 bits per heavy atom. The van der Waals surface area contributed by atoms with Crippen LogP contribution in [-0.4, -0.2) is 34.5 Å². The highest BCUT2D eigenvalue weighted by atomic mass is 19.1. The van der Waals surface area contributed by atoms with Crippen molar-refractivity contribution in [2.45, 2.75) is 12.8 Å². The van der Waals surface area contributed by atoms with Crippen LogP contribution in [0.15, 0.2) is 42.7 Å². The van der Waals surface area contributed by atoms with Gasteiger partial charge in [-0.15, -0.1) is 0 Å². The van der Waals surface area contributed by atoms with Crippen LogP contribution >= 0.6 is 0 Å². The summed E-state index contributed by atoms with van der Waals surface area (Å²) in [5, 5.41) is 2.80. The van der Waals surface area contributed by atoms with Crippen LogP contribution in [0, 0.1) is 11.7 Å². The van der Waals surface area contributed by atoms with Crippen molar-refractivity contribution in [2.24, 2.45) is 11.7 Å². The molecule has 3 rings (SSSR count). The molecule has 6 nitrogen and oxygen atoms in total. The quantitative estimate of drug-likeness (QED) is 0.906. The number of hydrogen-bond donors (Lipinski definition) is 2. The number of aromatic nitrogens is 1. The predicted molar refractivity (Wildman–Crippen MR) is 88.2 cm³/mol. The highest BCUT2D eigenvalue weighted by molar-refractivity contribution is 5.93. The maximum Gasteiger partial charge on any atom is 0.314 e. The molecule has 0 bridgehead atoms. The average molecular weight is 330 g/mol. The molecule has 2 heterocycles. The molecule has 1 aliphatic heterocycles. The summed E-state index contributed by atoms with van der Waals surface area (Å²) in [5.74, 6) is -0.876. The zero-order valence-corrected chi connectivity index (χ0v) is 13.1. The summed E-state index contributed by atoms with van der Waals surface area (Å²) in [7, 11) is 0. The van der Waals surface area contributed by atoms with Gasteiger partial charge in [0.1, 0.15) is 5.82 Å². The topological polar surface area (TPSA) is 80.4 Å². The van der Waals surface area contributed by atoms with Gasteiger partial charge in [0.25, 0.3) is 0 Å². The first-order chi connectivity index (χ1) is 11.5. The molecule has 1 fully saturated rings. The van der Waals surface area contributed by atoms with Gasteiger partial charge in [-0.3, -0.25) is 4.79 Å². The SMILES string of the molecule is NC(=O)N1CCC[C@H](C(=O)Nc2ccc(F)c(-n3cccc3)c2)C1. The van der Waals surface area contributed by atoms with Crippen LogP contribution in [0.5, 0.6) is 0 Å². The molecule has 0 unspecified atom stereocenters. The number of nitrogens with two attached hydrogens (primary N) is 1. The van der Waals surface area contributed by atoms with Crippen LogP contribution in [0.4, 0.5) is 14.9 Å². The first-order valence-electron chi connectivity index (χ1n) is 7.83. The molecule has 1 aromatic carbocycles. The lowest BCUT2D eigenvalue weighted by molar-refractivity contribution is -0.121. The Morgan fingerprint density at radius 2 is 2.00 bits per heavy atom. The van der Waals surface area contributed by atoms with Gasteiger partial charge in [-0.25, -0.2) is 9.18 Å². The average Bonchev–Trinajstić information content (AvgIpc) is 3.11. The van der Waals surface area contributed by atoms with E-state index < -0.39 is 6.03 Å². The molecule has 1 aliphatic rings. The molecule has 0 radical (unpaired) electrons. The second-order valence-electron chi connectivity index (χ2n) is 5.87. The number of nitrogens with one attached hydrogen (secondary N) is 1. The first kappa shape index (κ1) is 16.0. The second kappa shape index (κ2) is 6.74. The van der Waals surface area contributed by atoms with Gasteiger partial charge < -0.3 is 20.5 Å². The van der Waals surface area contributed by atoms with Gasteiger partial charge in [0.15, 0.2) is 0 Å². The number of urea groups is 1. The van der Waals surface area contributed by atoms with E-state index in [4.69, 9.17) is 5.73 Å². The number of piperidine rings is 1. The summed E-state index contributed by atoms with van der Waals surface area (Å²) in [6.45, 7) is 0.889. The Morgan fingerprint density at radius 3 is 2.71 bits per heavy atom. The Hall–Kier alpha value is -2.83. The molecule has 0 saturated carbocycles. The highest BCUT2D eigenvalue weighted by Crippen LogP contribution is 2.22. The lowest BCUT2D eigenvalue weighted by atomic mass is 9.97. The number of amides is 3. The zero-order chi connectivity index (χ0) is 17.1. The highest BCUT2D eigenvalue weighted by Gasteiger charge is 2.27. The summed E-state index contributed by atoms with van der Waals surface area (Å²) in [4.78, 5) is 25.2. The van der Waals surface area contributed by atoms with Gasteiger partial charge in [0.05, 0.1) is 11.6 Å². The third-order valence-corrected chi connectivity index (χ3v) is 4.20. The molecule has 1 saturated heterocycles. The lowest BCUT2D eigenvalue weighted by Gasteiger charge is -2.30. The summed E-state index contributed by atoms with van der Waals surface area (Å²) in [6, 6.07) is 7.51. The van der Waals surface area contributed by atoms with Crippen LogP contribution in [0.1, 0.15) is 12.8 Å². The fraction of sp³-hybridized carbons (Fsp3) is 0.294. The first-order valence-corrected chi connectivity index (χ1v) is 7.83. The van der Waals surface area contributed by atoms with E-state index in [1.165, 1.54) is 17.0 Å². The van der Waals surface area contributed by atoms with Crippen LogP contribution < -0.4 is 11.1 Å². The summed E-state index contributed by atoms with van der Waals surface area (Å²) >= 11 is 0. The van der Waals surface area contributed by atoms with E-state index in [2.05, 4.69) is 5.32 Å². The van der Waals surface area contributed by atoms with E-state index in [1.807, 2.05) is 0 Å². The minimum Gasteiger partial charge on any atom is -0.351 e. The van der Waals surface area contributed by atoms with Crippen molar-refractivity contribution in [1.82, 2.24) is 9.47 Å². The molecule has 1 atom stereocenters. The van der Waals surface area contributed by atoms with Crippen molar-refractivity contribution in [2.75, 3.05) is 18.4 Å². The Balaban J connectivity index is 1.73. The Bertz CT molecular complexity index is 745. The number of carbonyl (C=O) groups excluding carboxylic acids is 2. The molecule has 0 aliphatic carbocycles. The van der Waals surface area contributed by atoms with Crippen LogP contribution in [0.25, 0.3) is 5.69 Å². The van der Waals surface area contributed by atoms with E-state index in [9.17, 15) is 14.0 Å². The van der Waals surface area contributed by atoms with Gasteiger partial charge in [-0.05, 0) is 43.2 Å². The van der Waals surface area contributed by atoms with Crippen molar-refractivity contribution >= 4 is 17.6 Å². The second-order valence-corrected chi connectivity index (χ2v) is 5.87. The van der Waals surface area contributed by atoms with Gasteiger partial charge in [-0.2, -0.15) is 0 Å². The van der Waals surface area contributed by atoms with E-state index in [1.54, 1.807) is 35.2 Å². The van der Waals surface area contributed by atoms with Crippen molar-refractivity contribution < 1.29 is 14.0 Å². The molecule has 126 valence electrons. The smallest absolute Gasteiger partial charge is 0.314 e. The van der Waals surface area contributed by atoms with Crippen molar-refractivity contribution in [3.05, 3.63) is 48.5 Å². The van der Waals surface area contributed by atoms with Crippen LogP contribution in [-0.2, 0) is 4.79 Å². The number of anilines is 1. The van der Waals surface area contributed by atoms with Gasteiger partial charge in [0, 0.05) is 31.2 Å².